The Morgan fingerprint density at radius 1 is 1.38 bits per heavy atom. The minimum Gasteiger partial charge on any atom is -0.317 e. The van der Waals surface area contributed by atoms with E-state index in [0.29, 0.717) is 18.4 Å². The molecule has 0 atom stereocenters. The Kier molecular flexibility index (Phi) is 2.51. The van der Waals surface area contributed by atoms with Crippen LogP contribution >= 0.6 is 0 Å². The summed E-state index contributed by atoms with van der Waals surface area (Å²) in [5.41, 5.74) is 0. The van der Waals surface area contributed by atoms with E-state index in [1.165, 1.54) is 0 Å². The first kappa shape index (κ1) is 8.97. The van der Waals surface area contributed by atoms with Gasteiger partial charge in [-0.15, -0.1) is 0 Å². The summed E-state index contributed by atoms with van der Waals surface area (Å²) in [6.45, 7) is 2.98. The predicted octanol–water partition coefficient (Wildman–Crippen LogP) is -0.182. The molecule has 0 aromatic heterocycles. The molecule has 4 heteroatoms. The van der Waals surface area contributed by atoms with Gasteiger partial charge in [-0.25, -0.2) is 5.01 Å². The summed E-state index contributed by atoms with van der Waals surface area (Å²) >= 11 is 0. The van der Waals surface area contributed by atoms with Gasteiger partial charge in [-0.3, -0.25) is 9.80 Å². The zero-order valence-corrected chi connectivity index (χ0v) is 8.12. The van der Waals surface area contributed by atoms with Crippen molar-refractivity contribution in [2.45, 2.75) is 25.3 Å². The zero-order valence-electron chi connectivity index (χ0n) is 8.12. The van der Waals surface area contributed by atoms with E-state index in [1.807, 2.05) is 12.1 Å². The van der Waals surface area contributed by atoms with Gasteiger partial charge in [0, 0.05) is 20.0 Å². The lowest BCUT2D eigenvalue weighted by Crippen LogP contribution is -2.48. The number of hydrazine groups is 1. The van der Waals surface area contributed by atoms with E-state index < -0.39 is 0 Å². The van der Waals surface area contributed by atoms with Crippen LogP contribution in [-0.2, 0) is 4.79 Å². The van der Waals surface area contributed by atoms with Crippen molar-refractivity contribution in [2.24, 2.45) is 0 Å². The number of hydrogen-bond donors (Lipinski definition) is 1. The zero-order chi connectivity index (χ0) is 9.26. The molecule has 0 bridgehead atoms. The number of hydrogen-bond acceptors (Lipinski definition) is 3. The summed E-state index contributed by atoms with van der Waals surface area (Å²) in [4.78, 5) is 11.5. The number of nitrogens with zero attached hydrogens (tertiary/aromatic N) is 2. The van der Waals surface area contributed by atoms with Gasteiger partial charge >= 0.3 is 0 Å². The second kappa shape index (κ2) is 3.64. The van der Waals surface area contributed by atoms with E-state index in [1.54, 1.807) is 0 Å². The highest BCUT2D eigenvalue weighted by Crippen LogP contribution is 2.19. The molecular formula is C9H17N3O. The summed E-state index contributed by atoms with van der Waals surface area (Å²) in [5, 5.41) is 7.34. The Morgan fingerprint density at radius 3 is 2.62 bits per heavy atom. The fourth-order valence-electron chi connectivity index (χ4n) is 2.20. The number of amides is 1. The fourth-order valence-corrected chi connectivity index (χ4v) is 2.20. The molecule has 13 heavy (non-hydrogen) atoms. The molecule has 0 aromatic carbocycles. The maximum Gasteiger partial charge on any atom is 0.238 e. The maximum absolute atomic E-state index is 11.5. The minimum absolute atomic E-state index is 0.300. The lowest BCUT2D eigenvalue weighted by Gasteiger charge is -2.35. The largest absolute Gasteiger partial charge is 0.317 e. The van der Waals surface area contributed by atoms with Crippen LogP contribution in [0.1, 0.15) is 19.3 Å². The van der Waals surface area contributed by atoms with Gasteiger partial charge in [-0.05, 0) is 25.9 Å². The summed E-state index contributed by atoms with van der Waals surface area (Å²) in [6, 6.07) is 0.446. The summed E-state index contributed by atoms with van der Waals surface area (Å²) in [7, 11) is 2.01. The number of carbonyl (C=O) groups excluding carboxylic acids is 1. The Bertz CT molecular complexity index is 201. The van der Waals surface area contributed by atoms with E-state index in [0.717, 1.165) is 32.5 Å². The van der Waals surface area contributed by atoms with Gasteiger partial charge in [-0.2, -0.15) is 0 Å². The first-order chi connectivity index (χ1) is 6.29. The first-order valence-electron chi connectivity index (χ1n) is 5.03. The molecule has 0 aromatic rings. The van der Waals surface area contributed by atoms with Crippen LogP contribution in [0.4, 0.5) is 0 Å². The number of piperidine rings is 1. The highest BCUT2D eigenvalue weighted by atomic mass is 16.2. The highest BCUT2D eigenvalue weighted by molar-refractivity contribution is 5.77. The SMILES string of the molecule is CN1CCC(=O)N1C1CCNCC1. The van der Waals surface area contributed by atoms with Gasteiger partial charge in [0.25, 0.3) is 0 Å². The van der Waals surface area contributed by atoms with Crippen molar-refractivity contribution in [1.29, 1.82) is 0 Å². The van der Waals surface area contributed by atoms with Crippen molar-refractivity contribution < 1.29 is 4.79 Å². The molecule has 2 rings (SSSR count). The van der Waals surface area contributed by atoms with Crippen LogP contribution in [0.5, 0.6) is 0 Å². The quantitative estimate of drug-likeness (QED) is 0.612. The van der Waals surface area contributed by atoms with Gasteiger partial charge in [-0.1, -0.05) is 0 Å². The topological polar surface area (TPSA) is 35.6 Å². The van der Waals surface area contributed by atoms with E-state index in [2.05, 4.69) is 10.3 Å². The molecule has 0 spiro atoms. The molecule has 1 amide bonds. The van der Waals surface area contributed by atoms with Crippen LogP contribution in [0.3, 0.4) is 0 Å². The predicted molar refractivity (Wildman–Crippen MR) is 50.0 cm³/mol. The van der Waals surface area contributed by atoms with Crippen molar-refractivity contribution in [1.82, 2.24) is 15.3 Å². The highest BCUT2D eigenvalue weighted by Gasteiger charge is 2.32. The molecule has 74 valence electrons. The van der Waals surface area contributed by atoms with Gasteiger partial charge in [0.2, 0.25) is 5.91 Å². The van der Waals surface area contributed by atoms with Crippen LogP contribution in [0.2, 0.25) is 0 Å². The van der Waals surface area contributed by atoms with E-state index >= 15 is 0 Å². The second-order valence-corrected chi connectivity index (χ2v) is 3.85. The second-order valence-electron chi connectivity index (χ2n) is 3.85. The normalized spacial score (nSPS) is 27.2. The van der Waals surface area contributed by atoms with Crippen molar-refractivity contribution in [3.05, 3.63) is 0 Å². The van der Waals surface area contributed by atoms with Crippen LogP contribution in [0, 0.1) is 0 Å². The smallest absolute Gasteiger partial charge is 0.238 e. The Labute approximate surface area is 78.8 Å². The standard InChI is InChI=1S/C9H17N3O/c1-11-7-4-9(13)12(11)8-2-5-10-6-3-8/h8,10H,2-7H2,1H3. The molecule has 2 aliphatic rings. The summed E-state index contributed by atoms with van der Waals surface area (Å²) in [5.74, 6) is 0.300. The summed E-state index contributed by atoms with van der Waals surface area (Å²) in [6.07, 6.45) is 2.88. The number of nitrogens with one attached hydrogen (secondary N) is 1. The van der Waals surface area contributed by atoms with Crippen molar-refractivity contribution in [2.75, 3.05) is 26.7 Å². The van der Waals surface area contributed by atoms with Crippen LogP contribution in [0.25, 0.3) is 0 Å². The monoisotopic (exact) mass is 183 g/mol. The van der Waals surface area contributed by atoms with E-state index in [9.17, 15) is 4.79 Å². The first-order valence-corrected chi connectivity index (χ1v) is 5.03. The third-order valence-corrected chi connectivity index (χ3v) is 2.93. The van der Waals surface area contributed by atoms with Crippen molar-refractivity contribution in [3.8, 4) is 0 Å². The van der Waals surface area contributed by atoms with Crippen LogP contribution in [0.15, 0.2) is 0 Å². The van der Waals surface area contributed by atoms with Gasteiger partial charge in [0.15, 0.2) is 0 Å². The van der Waals surface area contributed by atoms with E-state index in [4.69, 9.17) is 0 Å². The molecule has 2 fully saturated rings. The van der Waals surface area contributed by atoms with Gasteiger partial charge in [0.05, 0.1) is 6.04 Å². The van der Waals surface area contributed by atoms with Crippen molar-refractivity contribution in [3.63, 3.8) is 0 Å². The van der Waals surface area contributed by atoms with Crippen molar-refractivity contribution >= 4 is 5.91 Å². The average molecular weight is 183 g/mol. The van der Waals surface area contributed by atoms with Gasteiger partial charge < -0.3 is 5.32 Å². The van der Waals surface area contributed by atoms with E-state index in [-0.39, 0.29) is 0 Å². The number of carbonyl (C=O) groups is 1. The Hall–Kier alpha value is -0.610. The molecule has 0 radical (unpaired) electrons. The molecule has 0 unspecified atom stereocenters. The van der Waals surface area contributed by atoms with Crippen LogP contribution < -0.4 is 5.32 Å². The Morgan fingerprint density at radius 2 is 2.08 bits per heavy atom. The molecule has 2 aliphatic heterocycles. The minimum atomic E-state index is 0.300. The fraction of sp³-hybridized carbons (Fsp3) is 0.889. The summed E-state index contributed by atoms with van der Waals surface area (Å²) < 4.78 is 0. The third kappa shape index (κ3) is 1.69. The molecule has 1 N–H and O–H groups in total. The maximum atomic E-state index is 11.5. The molecule has 2 heterocycles. The number of rotatable bonds is 1. The molecule has 0 aliphatic carbocycles. The molecule has 0 saturated carbocycles. The lowest BCUT2D eigenvalue weighted by atomic mass is 10.1. The third-order valence-electron chi connectivity index (χ3n) is 2.93. The average Bonchev–Trinajstić information content (AvgIpc) is 2.48. The van der Waals surface area contributed by atoms with Gasteiger partial charge in [0.1, 0.15) is 0 Å². The molecule has 2 saturated heterocycles. The molecular weight excluding hydrogens is 166 g/mol. The lowest BCUT2D eigenvalue weighted by molar-refractivity contribution is -0.141. The van der Waals surface area contributed by atoms with Crippen LogP contribution in [-0.4, -0.2) is 48.6 Å². The Balaban J connectivity index is 2.00. The molecule has 4 nitrogen and oxygen atoms in total.